The Morgan fingerprint density at radius 1 is 1.53 bits per heavy atom. The van der Waals surface area contributed by atoms with Crippen LogP contribution in [0.4, 0.5) is 0 Å². The number of hydrogen-bond donors (Lipinski definition) is 1. The van der Waals surface area contributed by atoms with E-state index in [1.807, 2.05) is 18.2 Å². The highest BCUT2D eigenvalue weighted by Gasteiger charge is 2.16. The van der Waals surface area contributed by atoms with Crippen molar-refractivity contribution in [3.63, 3.8) is 0 Å². The first-order valence-corrected chi connectivity index (χ1v) is 7.93. The third kappa shape index (κ3) is 4.93. The van der Waals surface area contributed by atoms with Gasteiger partial charge in [0.1, 0.15) is 0 Å². The maximum absolute atomic E-state index is 11.7. The summed E-state index contributed by atoms with van der Waals surface area (Å²) in [7, 11) is 0. The van der Waals surface area contributed by atoms with Crippen molar-refractivity contribution in [3.05, 3.63) is 32.4 Å². The van der Waals surface area contributed by atoms with Gasteiger partial charge < -0.3 is 10.1 Å². The monoisotopic (exact) mass is 393 g/mol. The van der Waals surface area contributed by atoms with Crippen molar-refractivity contribution in [3.8, 4) is 0 Å². The predicted octanol–water partition coefficient (Wildman–Crippen LogP) is 3.52. The van der Waals surface area contributed by atoms with E-state index in [0.29, 0.717) is 13.0 Å². The van der Waals surface area contributed by atoms with Crippen molar-refractivity contribution in [1.29, 1.82) is 0 Å². The van der Waals surface area contributed by atoms with Gasteiger partial charge >= 0.3 is 0 Å². The number of carbonyl (C=O) groups is 1. The quantitative estimate of drug-likeness (QED) is 0.777. The lowest BCUT2D eigenvalue weighted by molar-refractivity contribution is -0.121. The summed E-state index contributed by atoms with van der Waals surface area (Å²) in [6.07, 6.45) is 3.83. The fourth-order valence-corrected chi connectivity index (χ4v) is 2.64. The molecule has 1 heterocycles. The molecule has 19 heavy (non-hydrogen) atoms. The second kappa shape index (κ2) is 7.45. The topological polar surface area (TPSA) is 38.3 Å². The van der Waals surface area contributed by atoms with Crippen LogP contribution < -0.4 is 5.32 Å². The Morgan fingerprint density at radius 2 is 2.37 bits per heavy atom. The number of carbonyl (C=O) groups excluding carboxylic acids is 1. The van der Waals surface area contributed by atoms with Crippen molar-refractivity contribution in [2.45, 2.75) is 38.3 Å². The van der Waals surface area contributed by atoms with Crippen molar-refractivity contribution >= 4 is 40.1 Å². The van der Waals surface area contributed by atoms with Crippen molar-refractivity contribution in [2.75, 3.05) is 6.61 Å². The standard InChI is InChI=1S/C14H17ClINO2/c15-12-8-10(3-5-13(12)16)9-17-14(18)6-4-11-2-1-7-19-11/h3,5,8,11H,1-2,4,6-7,9H2,(H,17,18). The first kappa shape index (κ1) is 15.1. The summed E-state index contributed by atoms with van der Waals surface area (Å²) in [5, 5.41) is 3.64. The van der Waals surface area contributed by atoms with E-state index in [1.165, 1.54) is 0 Å². The number of halogens is 2. The largest absolute Gasteiger partial charge is 0.378 e. The molecule has 1 atom stereocenters. The molecule has 1 aliphatic heterocycles. The van der Waals surface area contributed by atoms with Crippen LogP contribution in [0.2, 0.25) is 5.02 Å². The highest BCUT2D eigenvalue weighted by Crippen LogP contribution is 2.19. The van der Waals surface area contributed by atoms with Crippen LogP contribution in [0.15, 0.2) is 18.2 Å². The molecule has 5 heteroatoms. The van der Waals surface area contributed by atoms with E-state index in [9.17, 15) is 4.79 Å². The third-order valence-corrected chi connectivity index (χ3v) is 4.76. The minimum atomic E-state index is 0.0742. The number of nitrogens with one attached hydrogen (secondary N) is 1. The molecule has 104 valence electrons. The van der Waals surface area contributed by atoms with Gasteiger partial charge in [-0.2, -0.15) is 0 Å². The molecule has 0 aliphatic carbocycles. The van der Waals surface area contributed by atoms with Gasteiger partial charge in [0.2, 0.25) is 5.91 Å². The zero-order valence-electron chi connectivity index (χ0n) is 10.6. The first-order chi connectivity index (χ1) is 9.15. The van der Waals surface area contributed by atoms with Crippen LogP contribution in [-0.4, -0.2) is 18.6 Å². The van der Waals surface area contributed by atoms with Gasteiger partial charge in [-0.05, 0) is 59.5 Å². The number of hydrogen-bond acceptors (Lipinski definition) is 2. The van der Waals surface area contributed by atoms with E-state index in [2.05, 4.69) is 27.9 Å². The molecule has 1 amide bonds. The molecule has 1 aliphatic rings. The molecule has 0 bridgehead atoms. The molecule has 1 saturated heterocycles. The minimum Gasteiger partial charge on any atom is -0.378 e. The average Bonchev–Trinajstić information content (AvgIpc) is 2.91. The molecular formula is C14H17ClINO2. The summed E-state index contributed by atoms with van der Waals surface area (Å²) < 4.78 is 6.52. The molecule has 0 spiro atoms. The highest BCUT2D eigenvalue weighted by atomic mass is 127. The predicted molar refractivity (Wildman–Crippen MR) is 84.2 cm³/mol. The third-order valence-electron chi connectivity index (χ3n) is 3.19. The van der Waals surface area contributed by atoms with Gasteiger partial charge in [0.25, 0.3) is 0 Å². The van der Waals surface area contributed by atoms with Crippen LogP contribution in [-0.2, 0) is 16.1 Å². The maximum Gasteiger partial charge on any atom is 0.220 e. The zero-order chi connectivity index (χ0) is 13.7. The van der Waals surface area contributed by atoms with E-state index in [1.54, 1.807) is 0 Å². The van der Waals surface area contributed by atoms with E-state index in [0.717, 1.165) is 40.0 Å². The van der Waals surface area contributed by atoms with Crippen LogP contribution in [0.1, 0.15) is 31.2 Å². The molecule has 1 aromatic carbocycles. The van der Waals surface area contributed by atoms with Crippen LogP contribution in [0.3, 0.4) is 0 Å². The Balaban J connectivity index is 1.71. The van der Waals surface area contributed by atoms with Crippen LogP contribution >= 0.6 is 34.2 Å². The molecular weight excluding hydrogens is 377 g/mol. The second-order valence-electron chi connectivity index (χ2n) is 4.70. The Hall–Kier alpha value is -0.330. The normalized spacial score (nSPS) is 18.5. The lowest BCUT2D eigenvalue weighted by Gasteiger charge is -2.09. The summed E-state index contributed by atoms with van der Waals surface area (Å²) >= 11 is 8.22. The molecule has 0 aromatic heterocycles. The summed E-state index contributed by atoms with van der Waals surface area (Å²) in [6.45, 7) is 1.37. The van der Waals surface area contributed by atoms with Gasteiger partial charge in [0.05, 0.1) is 11.1 Å². The van der Waals surface area contributed by atoms with E-state index in [-0.39, 0.29) is 12.0 Å². The molecule has 0 saturated carbocycles. The molecule has 1 unspecified atom stereocenters. The van der Waals surface area contributed by atoms with Crippen molar-refractivity contribution < 1.29 is 9.53 Å². The fraction of sp³-hybridized carbons (Fsp3) is 0.500. The lowest BCUT2D eigenvalue weighted by Crippen LogP contribution is -2.23. The maximum atomic E-state index is 11.7. The van der Waals surface area contributed by atoms with Crippen LogP contribution in [0.5, 0.6) is 0 Å². The smallest absolute Gasteiger partial charge is 0.220 e. The first-order valence-electron chi connectivity index (χ1n) is 6.47. The summed E-state index contributed by atoms with van der Waals surface area (Å²) in [5.41, 5.74) is 1.02. The van der Waals surface area contributed by atoms with Crippen LogP contribution in [0.25, 0.3) is 0 Å². The number of amides is 1. The molecule has 1 N–H and O–H groups in total. The fourth-order valence-electron chi connectivity index (χ4n) is 2.10. The summed E-state index contributed by atoms with van der Waals surface area (Å²) in [4.78, 5) is 11.7. The van der Waals surface area contributed by atoms with Crippen LogP contribution in [0, 0.1) is 3.57 Å². The molecule has 1 fully saturated rings. The van der Waals surface area contributed by atoms with E-state index < -0.39 is 0 Å². The molecule has 1 aromatic rings. The summed E-state index contributed by atoms with van der Waals surface area (Å²) in [6, 6.07) is 5.83. The van der Waals surface area contributed by atoms with Gasteiger partial charge in [0, 0.05) is 23.1 Å². The molecule has 2 rings (SSSR count). The highest BCUT2D eigenvalue weighted by molar-refractivity contribution is 14.1. The van der Waals surface area contributed by atoms with Gasteiger partial charge in [0.15, 0.2) is 0 Å². The Kier molecular flexibility index (Phi) is 5.91. The van der Waals surface area contributed by atoms with Crippen molar-refractivity contribution in [2.24, 2.45) is 0 Å². The molecule has 3 nitrogen and oxygen atoms in total. The van der Waals surface area contributed by atoms with Gasteiger partial charge in [-0.3, -0.25) is 4.79 Å². The number of benzene rings is 1. The summed E-state index contributed by atoms with van der Waals surface area (Å²) in [5.74, 6) is 0.0742. The SMILES string of the molecule is O=C(CCC1CCCO1)NCc1ccc(I)c(Cl)c1. The Bertz CT molecular complexity index is 447. The Labute approximate surface area is 132 Å². The second-order valence-corrected chi connectivity index (χ2v) is 6.27. The molecule has 0 radical (unpaired) electrons. The van der Waals surface area contributed by atoms with Crippen molar-refractivity contribution in [1.82, 2.24) is 5.32 Å². The Morgan fingerprint density at radius 3 is 3.05 bits per heavy atom. The number of ether oxygens (including phenoxy) is 1. The minimum absolute atomic E-state index is 0.0742. The van der Waals surface area contributed by atoms with Gasteiger partial charge in [-0.1, -0.05) is 17.7 Å². The number of rotatable bonds is 5. The zero-order valence-corrected chi connectivity index (χ0v) is 13.5. The van der Waals surface area contributed by atoms with E-state index in [4.69, 9.17) is 16.3 Å². The van der Waals surface area contributed by atoms with Gasteiger partial charge in [-0.25, -0.2) is 0 Å². The van der Waals surface area contributed by atoms with Gasteiger partial charge in [-0.15, -0.1) is 0 Å². The average molecular weight is 394 g/mol. The van der Waals surface area contributed by atoms with E-state index >= 15 is 0 Å². The lowest BCUT2D eigenvalue weighted by atomic mass is 10.1.